The summed E-state index contributed by atoms with van der Waals surface area (Å²) in [6, 6.07) is -0.902. The third-order valence-electron chi connectivity index (χ3n) is 14.9. The number of hydrogen-bond donors (Lipinski definition) is 2. The zero-order valence-electron chi connectivity index (χ0n) is 51.7. The van der Waals surface area contributed by atoms with Crippen molar-refractivity contribution in [3.8, 4) is 0 Å². The molecule has 0 bridgehead atoms. The van der Waals surface area contributed by atoms with Crippen LogP contribution in [0.15, 0.2) is 60.8 Å². The minimum absolute atomic E-state index is 0.00569. The second kappa shape index (κ2) is 58.8. The highest BCUT2D eigenvalue weighted by molar-refractivity contribution is 7.45. The normalized spacial score (nSPS) is 14.1. The van der Waals surface area contributed by atoms with E-state index in [1.165, 1.54) is 244 Å². The Hall–Kier alpha value is -1.80. The third kappa shape index (κ3) is 61.7. The van der Waals surface area contributed by atoms with Gasteiger partial charge >= 0.3 is 0 Å². The molecule has 0 saturated heterocycles. The van der Waals surface area contributed by atoms with Crippen molar-refractivity contribution in [3.63, 3.8) is 0 Å². The van der Waals surface area contributed by atoms with E-state index >= 15 is 0 Å². The molecule has 452 valence electrons. The maximum Gasteiger partial charge on any atom is 0.268 e. The van der Waals surface area contributed by atoms with Crippen LogP contribution in [0, 0.1) is 0 Å². The quantitative estimate of drug-likeness (QED) is 0.0272. The number of nitrogens with one attached hydrogen (secondary N) is 1. The maximum atomic E-state index is 13.0. The minimum Gasteiger partial charge on any atom is -0.756 e. The molecule has 0 fully saturated rings. The summed E-state index contributed by atoms with van der Waals surface area (Å²) < 4.78 is 23.3. The van der Waals surface area contributed by atoms with Crippen molar-refractivity contribution in [2.45, 2.75) is 328 Å². The van der Waals surface area contributed by atoms with E-state index in [9.17, 15) is 19.4 Å². The van der Waals surface area contributed by atoms with Crippen molar-refractivity contribution >= 4 is 13.7 Å². The number of phosphoric ester groups is 1. The molecule has 0 aliphatic rings. The van der Waals surface area contributed by atoms with Gasteiger partial charge in [0.05, 0.1) is 39.9 Å². The fraction of sp³-hybridized carbons (Fsp3) is 0.838. The van der Waals surface area contributed by atoms with Crippen molar-refractivity contribution in [2.24, 2.45) is 0 Å². The van der Waals surface area contributed by atoms with Crippen LogP contribution in [0.25, 0.3) is 0 Å². The number of nitrogens with zero attached hydrogens (tertiary/aromatic N) is 1. The summed E-state index contributed by atoms with van der Waals surface area (Å²) in [5.41, 5.74) is 0. The highest BCUT2D eigenvalue weighted by atomic mass is 31.2. The Morgan fingerprint density at radius 2 is 0.766 bits per heavy atom. The number of allylic oxidation sites excluding steroid dienone is 9. The van der Waals surface area contributed by atoms with Gasteiger partial charge in [-0.25, -0.2) is 0 Å². The Morgan fingerprint density at radius 1 is 0.455 bits per heavy atom. The molecule has 0 aromatic rings. The number of hydrogen-bond acceptors (Lipinski definition) is 6. The number of amides is 1. The van der Waals surface area contributed by atoms with E-state index in [0.29, 0.717) is 17.4 Å². The lowest BCUT2D eigenvalue weighted by Gasteiger charge is -2.29. The van der Waals surface area contributed by atoms with Crippen LogP contribution >= 0.6 is 7.82 Å². The van der Waals surface area contributed by atoms with Crippen LogP contribution in [0.2, 0.25) is 0 Å². The van der Waals surface area contributed by atoms with Crippen molar-refractivity contribution in [1.82, 2.24) is 5.32 Å². The monoisotopic (exact) mass is 1100 g/mol. The van der Waals surface area contributed by atoms with Gasteiger partial charge in [0.1, 0.15) is 13.2 Å². The Morgan fingerprint density at radius 3 is 1.14 bits per heavy atom. The second-order valence-corrected chi connectivity index (χ2v) is 25.2. The molecule has 0 saturated carbocycles. The van der Waals surface area contributed by atoms with Crippen LogP contribution in [0.1, 0.15) is 316 Å². The fourth-order valence-corrected chi connectivity index (χ4v) is 10.5. The summed E-state index contributed by atoms with van der Waals surface area (Å²) in [5.74, 6) is -0.203. The van der Waals surface area contributed by atoms with Gasteiger partial charge in [0.2, 0.25) is 5.91 Å². The van der Waals surface area contributed by atoms with Crippen molar-refractivity contribution in [2.75, 3.05) is 40.9 Å². The first kappa shape index (κ1) is 75.2. The van der Waals surface area contributed by atoms with Gasteiger partial charge in [0, 0.05) is 6.42 Å². The smallest absolute Gasteiger partial charge is 0.268 e. The standard InChI is InChI=1S/C68H129N2O6P/c1-6-8-10-12-14-16-18-20-22-23-24-25-26-27-28-29-30-31-32-33-34-35-36-37-38-39-40-41-42-43-44-45-46-47-48-50-52-54-56-58-60-62-68(72)69-66(65-76-77(73,74)75-64-63-70(3,4)5)67(71)61-59-57-55-53-51-49-21-19-17-15-13-11-9-7-2/h18,20,23-24,26-27,51,53,59,61,66-67,71H,6-17,19,21-22,25,28-50,52,54-58,60,62-65H2,1-5H3,(H-,69,72,73,74)/b20-18-,24-23-,27-26-,53-51+,61-59+. The van der Waals surface area contributed by atoms with Crippen LogP contribution in [-0.2, 0) is 18.4 Å². The lowest BCUT2D eigenvalue weighted by atomic mass is 10.0. The van der Waals surface area contributed by atoms with Crippen molar-refractivity contribution < 1.29 is 32.9 Å². The molecule has 0 rings (SSSR count). The first-order valence-electron chi connectivity index (χ1n) is 33.2. The van der Waals surface area contributed by atoms with E-state index in [0.717, 1.165) is 51.4 Å². The lowest BCUT2D eigenvalue weighted by Crippen LogP contribution is -2.45. The molecule has 0 aromatic carbocycles. The predicted molar refractivity (Wildman–Crippen MR) is 334 cm³/mol. The fourth-order valence-electron chi connectivity index (χ4n) is 9.77. The van der Waals surface area contributed by atoms with Crippen LogP contribution in [-0.4, -0.2) is 68.5 Å². The molecule has 0 aromatic heterocycles. The number of carbonyl (C=O) groups is 1. The zero-order valence-corrected chi connectivity index (χ0v) is 52.6. The molecule has 8 nitrogen and oxygen atoms in total. The molecule has 9 heteroatoms. The highest BCUT2D eigenvalue weighted by Crippen LogP contribution is 2.38. The second-order valence-electron chi connectivity index (χ2n) is 23.8. The summed E-state index contributed by atoms with van der Waals surface area (Å²) in [6.07, 6.45) is 80.7. The number of rotatable bonds is 61. The number of carbonyl (C=O) groups excluding carboxylic acids is 1. The van der Waals surface area contributed by atoms with E-state index in [4.69, 9.17) is 9.05 Å². The summed E-state index contributed by atoms with van der Waals surface area (Å²) in [4.78, 5) is 25.5. The summed E-state index contributed by atoms with van der Waals surface area (Å²) in [6.45, 7) is 4.63. The number of likely N-dealkylation sites (N-methyl/N-ethyl adjacent to an activating group) is 1. The topological polar surface area (TPSA) is 108 Å². The Balaban J connectivity index is 3.88. The molecule has 0 radical (unpaired) electrons. The van der Waals surface area contributed by atoms with Gasteiger partial charge in [-0.1, -0.05) is 299 Å². The molecule has 0 spiro atoms. The first-order valence-corrected chi connectivity index (χ1v) is 34.6. The number of aliphatic hydroxyl groups is 1. The van der Waals surface area contributed by atoms with Gasteiger partial charge in [-0.3, -0.25) is 9.36 Å². The van der Waals surface area contributed by atoms with Gasteiger partial charge < -0.3 is 28.8 Å². The average molecular weight is 1100 g/mol. The molecule has 0 aliphatic carbocycles. The molecule has 2 N–H and O–H groups in total. The lowest BCUT2D eigenvalue weighted by molar-refractivity contribution is -0.870. The molecule has 1 amide bonds. The third-order valence-corrected chi connectivity index (χ3v) is 15.9. The molecular weight excluding hydrogens is 972 g/mol. The van der Waals surface area contributed by atoms with Gasteiger partial charge in [-0.15, -0.1) is 0 Å². The van der Waals surface area contributed by atoms with Gasteiger partial charge in [-0.05, 0) is 70.6 Å². The number of phosphoric acid groups is 1. The van der Waals surface area contributed by atoms with Crippen molar-refractivity contribution in [1.29, 1.82) is 0 Å². The van der Waals surface area contributed by atoms with E-state index in [1.807, 2.05) is 27.2 Å². The van der Waals surface area contributed by atoms with Crippen molar-refractivity contribution in [3.05, 3.63) is 60.8 Å². The van der Waals surface area contributed by atoms with Gasteiger partial charge in [0.25, 0.3) is 7.82 Å². The molecule has 3 unspecified atom stereocenters. The Kier molecular flexibility index (Phi) is 57.5. The first-order chi connectivity index (χ1) is 37.5. The predicted octanol–water partition coefficient (Wildman–Crippen LogP) is 20.2. The van der Waals surface area contributed by atoms with Gasteiger partial charge in [-0.2, -0.15) is 0 Å². The Labute approximate surface area is 479 Å². The van der Waals surface area contributed by atoms with E-state index in [-0.39, 0.29) is 12.5 Å². The van der Waals surface area contributed by atoms with Crippen LogP contribution in [0.4, 0.5) is 0 Å². The van der Waals surface area contributed by atoms with Crippen LogP contribution in [0.5, 0.6) is 0 Å². The number of quaternary nitrogens is 1. The SMILES string of the molecule is CCCCCCC/C=C\C/C=C\C/C=C\CCCCCCCCCCCCCCCCCCCCCCCCCCCCC(=O)NC(COP(=O)([O-])OCC[N+](C)(C)C)C(O)/C=C/CC/C=C/CCCCCCCCCC. The zero-order chi connectivity index (χ0) is 56.3. The molecule has 77 heavy (non-hydrogen) atoms. The molecule has 0 aliphatic heterocycles. The summed E-state index contributed by atoms with van der Waals surface area (Å²) in [7, 11) is 1.25. The van der Waals surface area contributed by atoms with E-state index in [1.54, 1.807) is 6.08 Å². The van der Waals surface area contributed by atoms with Crippen LogP contribution < -0.4 is 10.2 Å². The minimum atomic E-state index is -4.60. The maximum absolute atomic E-state index is 13.0. The van der Waals surface area contributed by atoms with Gasteiger partial charge in [0.15, 0.2) is 0 Å². The number of unbranched alkanes of at least 4 members (excludes halogenated alkanes) is 40. The van der Waals surface area contributed by atoms with E-state index in [2.05, 4.69) is 67.8 Å². The largest absolute Gasteiger partial charge is 0.756 e. The Bertz CT molecular complexity index is 1440. The molecule has 3 atom stereocenters. The molecule has 0 heterocycles. The van der Waals surface area contributed by atoms with Crippen LogP contribution in [0.3, 0.4) is 0 Å². The number of aliphatic hydroxyl groups excluding tert-OH is 1. The summed E-state index contributed by atoms with van der Waals surface area (Å²) >= 11 is 0. The molecular formula is C68H129N2O6P. The van der Waals surface area contributed by atoms with E-state index < -0.39 is 26.6 Å². The average Bonchev–Trinajstić information content (AvgIpc) is 3.39. The highest BCUT2D eigenvalue weighted by Gasteiger charge is 2.23. The summed E-state index contributed by atoms with van der Waals surface area (Å²) in [5, 5.41) is 13.9.